The van der Waals surface area contributed by atoms with Crippen molar-refractivity contribution < 1.29 is 27.5 Å². The van der Waals surface area contributed by atoms with E-state index in [-0.39, 0.29) is 42.7 Å². The van der Waals surface area contributed by atoms with Gasteiger partial charge in [-0.2, -0.15) is 12.7 Å². The van der Waals surface area contributed by atoms with Crippen LogP contribution in [0.15, 0.2) is 36.4 Å². The summed E-state index contributed by atoms with van der Waals surface area (Å²) in [6, 6.07) is 12.2. The molecule has 0 radical (unpaired) electrons. The number of hydrogen-bond donors (Lipinski definition) is 1. The number of likely N-dealkylation sites (N-methyl/N-ethyl adjacent to an activating group) is 1. The number of nitrogens with zero attached hydrogens (tertiary/aromatic N) is 4. The molecule has 1 N–H and O–H groups in total. The minimum Gasteiger partial charge on any atom is -0.497 e. The molecule has 3 aromatic rings. The number of ether oxygens (including phenoxy) is 2. The number of methoxy groups -OCH3 is 1. The summed E-state index contributed by atoms with van der Waals surface area (Å²) in [5.74, 6) is 0.793. The third-order valence-electron chi connectivity index (χ3n) is 12.7. The number of piperidine rings is 1. The van der Waals surface area contributed by atoms with E-state index >= 15 is 4.79 Å². The topological polar surface area (TPSA) is 113 Å². The van der Waals surface area contributed by atoms with Gasteiger partial charge in [0.25, 0.3) is 5.91 Å². The number of likely N-dealkylation sites (tertiary alicyclic amines) is 1. The summed E-state index contributed by atoms with van der Waals surface area (Å²) in [5.41, 5.74) is 5.30. The van der Waals surface area contributed by atoms with E-state index in [0.29, 0.717) is 25.7 Å². The molecule has 1 aromatic heterocycles. The molecule has 4 aliphatic heterocycles. The number of rotatable bonds is 6. The summed E-state index contributed by atoms with van der Waals surface area (Å²) in [6.07, 6.45) is 9.82. The van der Waals surface area contributed by atoms with Gasteiger partial charge in [-0.15, -0.1) is 0 Å². The number of benzene rings is 2. The van der Waals surface area contributed by atoms with Crippen LogP contribution in [-0.4, -0.2) is 98.1 Å². The summed E-state index contributed by atoms with van der Waals surface area (Å²) in [6.45, 7) is 2.43. The minimum absolute atomic E-state index is 0.0611. The number of amides is 2. The largest absolute Gasteiger partial charge is 0.497 e. The molecule has 12 heteroatoms. The van der Waals surface area contributed by atoms with Crippen LogP contribution >= 0.6 is 0 Å². The molecule has 3 saturated heterocycles. The Morgan fingerprint density at radius 2 is 1.78 bits per heavy atom. The molecule has 2 saturated carbocycles. The highest BCUT2D eigenvalue weighted by Gasteiger charge is 2.65. The van der Waals surface area contributed by atoms with Gasteiger partial charge in [-0.1, -0.05) is 25.3 Å². The standard InChI is InChI=1S/C38H47N5O6S/c1-40-22-26-9-6-10-33(40)43(26)37(45)38-21-31(38)30-20-27(48-2)12-14-28(30)35-34(24-7-4-3-5-8-24)29-13-11-25(19-32(29)42(35)23-38)36(44)39-50(46,47)41-15-17-49-18-16-41/h11-14,19-20,24,26,31,33H,3-10,15-18,21-23H2,1-2H3,(H,39,44). The van der Waals surface area contributed by atoms with Crippen LogP contribution in [0.3, 0.4) is 0 Å². The number of aromatic nitrogens is 1. The van der Waals surface area contributed by atoms with Gasteiger partial charge in [-0.25, -0.2) is 4.72 Å². The number of morpholine rings is 1. The third kappa shape index (κ3) is 5.03. The van der Waals surface area contributed by atoms with Crippen LogP contribution in [0.1, 0.15) is 91.1 Å². The fraction of sp³-hybridized carbons (Fsp3) is 0.579. The lowest BCUT2D eigenvalue weighted by Gasteiger charge is -2.38. The highest BCUT2D eigenvalue weighted by molar-refractivity contribution is 7.87. The number of fused-ring (bicyclic) bond motifs is 9. The second-order valence-corrected chi connectivity index (χ2v) is 17.1. The highest BCUT2D eigenvalue weighted by atomic mass is 32.2. The molecule has 2 bridgehead atoms. The molecule has 4 atom stereocenters. The predicted octanol–water partition coefficient (Wildman–Crippen LogP) is 4.81. The molecular weight excluding hydrogens is 655 g/mol. The molecule has 0 spiro atoms. The molecule has 50 heavy (non-hydrogen) atoms. The van der Waals surface area contributed by atoms with E-state index in [1.165, 1.54) is 34.7 Å². The second-order valence-electron chi connectivity index (χ2n) is 15.4. The maximum absolute atomic E-state index is 15.1. The lowest BCUT2D eigenvalue weighted by Crippen LogP contribution is -2.50. The van der Waals surface area contributed by atoms with Gasteiger partial charge in [0.2, 0.25) is 5.91 Å². The maximum Gasteiger partial charge on any atom is 0.304 e. The summed E-state index contributed by atoms with van der Waals surface area (Å²) in [7, 11) is -0.189. The van der Waals surface area contributed by atoms with Crippen molar-refractivity contribution in [3.63, 3.8) is 0 Å². The van der Waals surface area contributed by atoms with Gasteiger partial charge < -0.3 is 18.9 Å². The Labute approximate surface area is 294 Å². The molecule has 5 fully saturated rings. The predicted molar refractivity (Wildman–Crippen MR) is 189 cm³/mol. The van der Waals surface area contributed by atoms with Crippen molar-refractivity contribution in [1.29, 1.82) is 0 Å². The zero-order valence-electron chi connectivity index (χ0n) is 29.0. The second kappa shape index (κ2) is 12.1. The first kappa shape index (κ1) is 32.5. The van der Waals surface area contributed by atoms with Crippen LogP contribution in [0.5, 0.6) is 5.75 Å². The number of hydrogen-bond acceptors (Lipinski definition) is 7. The van der Waals surface area contributed by atoms with Crippen LogP contribution in [0.2, 0.25) is 0 Å². The molecule has 2 aromatic carbocycles. The van der Waals surface area contributed by atoms with Crippen molar-refractivity contribution in [2.75, 3.05) is 47.0 Å². The maximum atomic E-state index is 15.1. The minimum atomic E-state index is -4.03. The number of carbonyl (C=O) groups is 2. The smallest absolute Gasteiger partial charge is 0.304 e. The average Bonchev–Trinajstić information content (AvgIpc) is 3.76. The molecule has 266 valence electrons. The molecule has 6 aliphatic rings. The Bertz CT molecular complexity index is 1980. The summed E-state index contributed by atoms with van der Waals surface area (Å²) in [5, 5.41) is 1.08. The van der Waals surface area contributed by atoms with E-state index in [4.69, 9.17) is 9.47 Å². The monoisotopic (exact) mass is 701 g/mol. The van der Waals surface area contributed by atoms with E-state index in [9.17, 15) is 13.2 Å². The molecule has 5 heterocycles. The van der Waals surface area contributed by atoms with Crippen LogP contribution in [0.4, 0.5) is 0 Å². The lowest BCUT2D eigenvalue weighted by molar-refractivity contribution is -0.143. The zero-order chi connectivity index (χ0) is 34.4. The van der Waals surface area contributed by atoms with E-state index < -0.39 is 21.5 Å². The Morgan fingerprint density at radius 3 is 2.54 bits per heavy atom. The SMILES string of the molecule is COc1ccc2c(c1)C1CC1(C(=O)N1C3CCCC1N(C)C3)Cn1c-2c(C2CCCCC2)c2ccc(C(=O)NS(=O)(=O)N3CCOCC3)cc21. The van der Waals surface area contributed by atoms with E-state index in [1.54, 1.807) is 13.2 Å². The van der Waals surface area contributed by atoms with Gasteiger partial charge in [0.05, 0.1) is 37.6 Å². The van der Waals surface area contributed by atoms with E-state index in [0.717, 1.165) is 73.0 Å². The molecule has 4 unspecified atom stereocenters. The van der Waals surface area contributed by atoms with Crippen molar-refractivity contribution in [1.82, 2.24) is 23.4 Å². The molecule has 11 nitrogen and oxygen atoms in total. The van der Waals surface area contributed by atoms with Crippen molar-refractivity contribution in [2.45, 2.75) is 88.4 Å². The van der Waals surface area contributed by atoms with Crippen LogP contribution in [-0.2, 0) is 26.3 Å². The van der Waals surface area contributed by atoms with Crippen molar-refractivity contribution in [2.24, 2.45) is 5.41 Å². The van der Waals surface area contributed by atoms with Crippen LogP contribution < -0.4 is 9.46 Å². The van der Waals surface area contributed by atoms with Crippen molar-refractivity contribution in [3.8, 4) is 17.0 Å². The molecule has 2 amide bonds. The summed E-state index contributed by atoms with van der Waals surface area (Å²) < 4.78 is 43.4. The third-order valence-corrected chi connectivity index (χ3v) is 14.2. The number of carbonyl (C=O) groups excluding carboxylic acids is 2. The highest BCUT2D eigenvalue weighted by Crippen LogP contribution is 2.66. The Hall–Kier alpha value is -3.45. The van der Waals surface area contributed by atoms with Crippen molar-refractivity contribution in [3.05, 3.63) is 53.1 Å². The Kier molecular flexibility index (Phi) is 7.83. The van der Waals surface area contributed by atoms with Gasteiger partial charge in [0.15, 0.2) is 0 Å². The summed E-state index contributed by atoms with van der Waals surface area (Å²) in [4.78, 5) is 33.3. The normalized spacial score (nSPS) is 28.4. The zero-order valence-corrected chi connectivity index (χ0v) is 29.8. The van der Waals surface area contributed by atoms with E-state index in [1.807, 2.05) is 18.2 Å². The average molecular weight is 702 g/mol. The quantitative estimate of drug-likeness (QED) is 0.393. The Balaban J connectivity index is 1.20. The fourth-order valence-electron chi connectivity index (χ4n) is 10.1. The Morgan fingerprint density at radius 1 is 0.980 bits per heavy atom. The van der Waals surface area contributed by atoms with Crippen LogP contribution in [0.25, 0.3) is 22.2 Å². The van der Waals surface area contributed by atoms with Gasteiger partial charge in [0, 0.05) is 60.2 Å². The molecule has 9 rings (SSSR count). The molecular formula is C38H47N5O6S. The lowest BCUT2D eigenvalue weighted by atomic mass is 9.81. The van der Waals surface area contributed by atoms with Gasteiger partial charge in [0.1, 0.15) is 5.75 Å². The van der Waals surface area contributed by atoms with Gasteiger partial charge in [-0.05, 0) is 92.9 Å². The first-order chi connectivity index (χ1) is 24.2. The van der Waals surface area contributed by atoms with Crippen LogP contribution in [0, 0.1) is 5.41 Å². The summed E-state index contributed by atoms with van der Waals surface area (Å²) >= 11 is 0. The van der Waals surface area contributed by atoms with E-state index in [2.05, 4.69) is 38.3 Å². The van der Waals surface area contributed by atoms with Gasteiger partial charge in [-0.3, -0.25) is 14.5 Å². The molecule has 2 aliphatic carbocycles. The first-order valence-corrected chi connectivity index (χ1v) is 19.9. The van der Waals surface area contributed by atoms with Crippen molar-refractivity contribution >= 4 is 32.9 Å². The first-order valence-electron chi connectivity index (χ1n) is 18.5. The van der Waals surface area contributed by atoms with Gasteiger partial charge >= 0.3 is 10.2 Å². The fourth-order valence-corrected chi connectivity index (χ4v) is 11.2. The number of nitrogens with one attached hydrogen (secondary N) is 1.